The molecule has 2 rings (SSSR count). The summed E-state index contributed by atoms with van der Waals surface area (Å²) in [6, 6.07) is 1.69. The Morgan fingerprint density at radius 3 is 2.36 bits per heavy atom. The standard InChI is InChI=1S/C14H11F7N2OS/c1-6-2-3-7-8(5-22)10(25-9(7)4-6)23-11(24)12(15,16)13(17,18)14(19,20)21/h6H,2-4H2,1H3,(H,23,24)/t6-/m0/s1. The first kappa shape index (κ1) is 19.5. The lowest BCUT2D eigenvalue weighted by atomic mass is 9.88. The van der Waals surface area contributed by atoms with Crippen LogP contribution in [0.5, 0.6) is 0 Å². The highest BCUT2D eigenvalue weighted by molar-refractivity contribution is 7.16. The number of hydrogen-bond acceptors (Lipinski definition) is 3. The minimum absolute atomic E-state index is 0.175. The molecular formula is C14H11F7N2OS. The maximum atomic E-state index is 13.4. The normalized spacial score (nSPS) is 18.4. The molecule has 3 nitrogen and oxygen atoms in total. The molecule has 1 aliphatic rings. The van der Waals surface area contributed by atoms with Gasteiger partial charge in [0.25, 0.3) is 0 Å². The average Bonchev–Trinajstić information content (AvgIpc) is 2.81. The molecule has 138 valence electrons. The first-order valence-corrected chi connectivity index (χ1v) is 7.83. The van der Waals surface area contributed by atoms with E-state index in [0.717, 1.165) is 11.3 Å². The maximum absolute atomic E-state index is 13.4. The second kappa shape index (κ2) is 6.16. The van der Waals surface area contributed by atoms with Gasteiger partial charge in [-0.2, -0.15) is 36.0 Å². The molecule has 0 radical (unpaired) electrons. The third-order valence-electron chi connectivity index (χ3n) is 3.89. The zero-order valence-corrected chi connectivity index (χ0v) is 13.4. The summed E-state index contributed by atoms with van der Waals surface area (Å²) in [6.07, 6.45) is -4.97. The quantitative estimate of drug-likeness (QED) is 0.775. The van der Waals surface area contributed by atoms with E-state index in [1.165, 1.54) is 5.32 Å². The first-order valence-electron chi connectivity index (χ1n) is 7.01. The highest BCUT2D eigenvalue weighted by Gasteiger charge is 2.76. The molecule has 0 aromatic carbocycles. The summed E-state index contributed by atoms with van der Waals surface area (Å²) in [5, 5.41) is 10.1. The number of rotatable bonds is 3. The largest absolute Gasteiger partial charge is 0.460 e. The fraction of sp³-hybridized carbons (Fsp3) is 0.571. The number of amides is 1. The Labute approximate surface area is 141 Å². The molecule has 0 spiro atoms. The Morgan fingerprint density at radius 1 is 1.24 bits per heavy atom. The van der Waals surface area contributed by atoms with Crippen molar-refractivity contribution in [3.8, 4) is 6.07 Å². The lowest BCUT2D eigenvalue weighted by molar-refractivity contribution is -0.343. The van der Waals surface area contributed by atoms with Crippen molar-refractivity contribution >= 4 is 22.2 Å². The van der Waals surface area contributed by atoms with Crippen molar-refractivity contribution in [1.29, 1.82) is 5.26 Å². The Balaban J connectivity index is 2.34. The third-order valence-corrected chi connectivity index (χ3v) is 5.06. The SMILES string of the molecule is C[C@H]1CCc2c(sc(NC(=O)C(F)(F)C(F)(F)C(F)(F)F)c2C#N)C1. The summed E-state index contributed by atoms with van der Waals surface area (Å²) in [5.41, 5.74) is 0.332. The Bertz CT molecular complexity index is 733. The minimum atomic E-state index is -6.60. The van der Waals surface area contributed by atoms with Gasteiger partial charge in [-0.05, 0) is 30.7 Å². The van der Waals surface area contributed by atoms with Crippen LogP contribution in [0.1, 0.15) is 29.3 Å². The van der Waals surface area contributed by atoms with Gasteiger partial charge in [0.05, 0.1) is 5.56 Å². The van der Waals surface area contributed by atoms with Crippen molar-refractivity contribution in [1.82, 2.24) is 0 Å². The third kappa shape index (κ3) is 3.19. The number of nitriles is 1. The van der Waals surface area contributed by atoms with Crippen LogP contribution in [-0.4, -0.2) is 23.9 Å². The Hall–Kier alpha value is -1.83. The number of carbonyl (C=O) groups excluding carboxylic acids is 1. The van der Waals surface area contributed by atoms with Gasteiger partial charge in [0.2, 0.25) is 0 Å². The number of fused-ring (bicyclic) bond motifs is 1. The van der Waals surface area contributed by atoms with E-state index >= 15 is 0 Å². The van der Waals surface area contributed by atoms with Gasteiger partial charge in [0.1, 0.15) is 11.1 Å². The van der Waals surface area contributed by atoms with Crippen molar-refractivity contribution in [3.63, 3.8) is 0 Å². The number of nitrogens with one attached hydrogen (secondary N) is 1. The zero-order valence-electron chi connectivity index (χ0n) is 12.6. The maximum Gasteiger partial charge on any atom is 0.460 e. The molecule has 1 aromatic heterocycles. The van der Waals surface area contributed by atoms with Crippen LogP contribution in [0, 0.1) is 17.2 Å². The van der Waals surface area contributed by atoms with Crippen LogP contribution < -0.4 is 5.32 Å². The second-order valence-electron chi connectivity index (χ2n) is 5.77. The van der Waals surface area contributed by atoms with Crippen LogP contribution >= 0.6 is 11.3 Å². The minimum Gasteiger partial charge on any atom is -0.311 e. The van der Waals surface area contributed by atoms with Crippen LogP contribution in [-0.2, 0) is 17.6 Å². The van der Waals surface area contributed by atoms with Gasteiger partial charge in [0.15, 0.2) is 0 Å². The number of hydrogen-bond donors (Lipinski definition) is 1. The van der Waals surface area contributed by atoms with Crippen LogP contribution in [0.3, 0.4) is 0 Å². The van der Waals surface area contributed by atoms with Gasteiger partial charge < -0.3 is 5.32 Å². The topological polar surface area (TPSA) is 52.9 Å². The van der Waals surface area contributed by atoms with Crippen molar-refractivity contribution in [2.45, 2.75) is 44.2 Å². The van der Waals surface area contributed by atoms with Gasteiger partial charge in [-0.15, -0.1) is 11.3 Å². The van der Waals surface area contributed by atoms with E-state index in [1.54, 1.807) is 6.07 Å². The highest BCUT2D eigenvalue weighted by Crippen LogP contribution is 2.47. The van der Waals surface area contributed by atoms with E-state index in [0.29, 0.717) is 29.7 Å². The molecule has 1 amide bonds. The molecule has 1 heterocycles. The lowest BCUT2D eigenvalue weighted by Crippen LogP contribution is -2.57. The number of nitrogens with zero attached hydrogens (tertiary/aromatic N) is 1. The lowest BCUT2D eigenvalue weighted by Gasteiger charge is -2.26. The van der Waals surface area contributed by atoms with Crippen molar-refractivity contribution in [2.24, 2.45) is 5.92 Å². The molecule has 1 atom stereocenters. The van der Waals surface area contributed by atoms with Crippen molar-refractivity contribution in [3.05, 3.63) is 16.0 Å². The molecule has 1 N–H and O–H groups in total. The van der Waals surface area contributed by atoms with Gasteiger partial charge in [-0.3, -0.25) is 4.79 Å². The monoisotopic (exact) mass is 388 g/mol. The second-order valence-corrected chi connectivity index (χ2v) is 6.87. The first-order chi connectivity index (χ1) is 11.3. The van der Waals surface area contributed by atoms with Gasteiger partial charge in [0, 0.05) is 4.88 Å². The highest BCUT2D eigenvalue weighted by atomic mass is 32.1. The summed E-state index contributed by atoms with van der Waals surface area (Å²) in [4.78, 5) is 12.1. The Kier molecular flexibility index (Phi) is 4.80. The van der Waals surface area contributed by atoms with Crippen LogP contribution in [0.4, 0.5) is 35.7 Å². The van der Waals surface area contributed by atoms with E-state index in [1.807, 2.05) is 6.92 Å². The summed E-state index contributed by atoms with van der Waals surface area (Å²) in [7, 11) is 0. The summed E-state index contributed by atoms with van der Waals surface area (Å²) in [5.74, 6) is -15.1. The van der Waals surface area contributed by atoms with E-state index in [2.05, 4.69) is 0 Å². The van der Waals surface area contributed by atoms with Crippen molar-refractivity contribution < 1.29 is 35.5 Å². The van der Waals surface area contributed by atoms with Gasteiger partial charge >= 0.3 is 23.9 Å². The zero-order chi connectivity index (χ0) is 19.2. The molecule has 25 heavy (non-hydrogen) atoms. The molecular weight excluding hydrogens is 377 g/mol. The number of carbonyl (C=O) groups is 1. The number of thiophene rings is 1. The molecule has 0 bridgehead atoms. The molecule has 1 aromatic rings. The molecule has 0 unspecified atom stereocenters. The molecule has 0 saturated heterocycles. The fourth-order valence-electron chi connectivity index (χ4n) is 2.46. The molecule has 1 aliphatic carbocycles. The average molecular weight is 388 g/mol. The number of halogens is 7. The number of anilines is 1. The smallest absolute Gasteiger partial charge is 0.311 e. The summed E-state index contributed by atoms with van der Waals surface area (Å²) >= 11 is 0.739. The van der Waals surface area contributed by atoms with E-state index < -0.39 is 28.9 Å². The van der Waals surface area contributed by atoms with E-state index in [9.17, 15) is 35.5 Å². The molecule has 0 saturated carbocycles. The number of alkyl halides is 7. The summed E-state index contributed by atoms with van der Waals surface area (Å²) in [6.45, 7) is 1.91. The predicted molar refractivity (Wildman–Crippen MR) is 74.8 cm³/mol. The van der Waals surface area contributed by atoms with E-state index in [-0.39, 0.29) is 11.5 Å². The summed E-state index contributed by atoms with van der Waals surface area (Å²) < 4.78 is 89.1. The van der Waals surface area contributed by atoms with Gasteiger partial charge in [-0.25, -0.2) is 0 Å². The van der Waals surface area contributed by atoms with Crippen LogP contribution in [0.2, 0.25) is 0 Å². The van der Waals surface area contributed by atoms with Crippen LogP contribution in [0.15, 0.2) is 0 Å². The fourth-order valence-corrected chi connectivity index (χ4v) is 3.82. The van der Waals surface area contributed by atoms with Crippen LogP contribution in [0.25, 0.3) is 0 Å². The van der Waals surface area contributed by atoms with E-state index in [4.69, 9.17) is 5.26 Å². The Morgan fingerprint density at radius 2 is 1.84 bits per heavy atom. The molecule has 0 aliphatic heterocycles. The van der Waals surface area contributed by atoms with Crippen molar-refractivity contribution in [2.75, 3.05) is 5.32 Å². The molecule has 11 heteroatoms. The predicted octanol–water partition coefficient (Wildman–Crippen LogP) is 4.52. The van der Waals surface area contributed by atoms with Gasteiger partial charge in [-0.1, -0.05) is 6.92 Å². The molecule has 0 fully saturated rings.